The number of aromatic nitrogens is 2. The zero-order valence-corrected chi connectivity index (χ0v) is 11.5. The molecule has 2 aromatic rings. The second-order valence-corrected chi connectivity index (χ2v) is 5.21. The molecule has 0 aliphatic heterocycles. The second-order valence-electron chi connectivity index (χ2n) is 4.11. The van der Waals surface area contributed by atoms with E-state index in [1.165, 1.54) is 0 Å². The third-order valence-corrected chi connectivity index (χ3v) is 3.65. The normalized spacial score (nSPS) is 13.3. The van der Waals surface area contributed by atoms with Gasteiger partial charge in [-0.25, -0.2) is 13.6 Å². The lowest BCUT2D eigenvalue weighted by atomic mass is 10.1. The molecule has 104 valence electrons. The van der Waals surface area contributed by atoms with Gasteiger partial charge in [0.05, 0.1) is 11.0 Å². The lowest BCUT2D eigenvalue weighted by molar-refractivity contribution is 0.0167. The van der Waals surface area contributed by atoms with Gasteiger partial charge in [0.2, 0.25) is 0 Å². The number of rotatable bonds is 6. The zero-order valence-electron chi connectivity index (χ0n) is 9.96. The fraction of sp³-hybridized carbons (Fsp3) is 0.417. The summed E-state index contributed by atoms with van der Waals surface area (Å²) < 4.78 is 28.6. The highest BCUT2D eigenvalue weighted by atomic mass is 79.9. The SMILES string of the molecule is O=c1[nH]c2ccc(C(Br)CCOCC(F)F)cc2[nH]1. The number of alkyl halides is 3. The summed E-state index contributed by atoms with van der Waals surface area (Å²) in [4.78, 5) is 16.5. The molecule has 1 heterocycles. The van der Waals surface area contributed by atoms with Crippen molar-refractivity contribution in [2.24, 2.45) is 0 Å². The molecule has 2 rings (SSSR count). The Labute approximate surface area is 116 Å². The molecule has 0 saturated carbocycles. The fourth-order valence-corrected chi connectivity index (χ4v) is 2.24. The van der Waals surface area contributed by atoms with Gasteiger partial charge in [-0.15, -0.1) is 0 Å². The molecule has 1 atom stereocenters. The predicted molar refractivity (Wildman–Crippen MR) is 72.0 cm³/mol. The molecule has 19 heavy (non-hydrogen) atoms. The van der Waals surface area contributed by atoms with Gasteiger partial charge in [0.1, 0.15) is 6.61 Å². The van der Waals surface area contributed by atoms with E-state index in [-0.39, 0.29) is 17.1 Å². The Kier molecular flexibility index (Phi) is 4.71. The van der Waals surface area contributed by atoms with Crippen LogP contribution in [-0.4, -0.2) is 29.6 Å². The molecule has 0 aliphatic carbocycles. The molecule has 1 aromatic carbocycles. The van der Waals surface area contributed by atoms with E-state index >= 15 is 0 Å². The molecule has 2 N–H and O–H groups in total. The first-order valence-corrected chi connectivity index (χ1v) is 6.70. The van der Waals surface area contributed by atoms with Crippen LogP contribution in [0.2, 0.25) is 0 Å². The molecule has 0 bridgehead atoms. The highest BCUT2D eigenvalue weighted by Crippen LogP contribution is 2.27. The molecule has 0 radical (unpaired) electrons. The molecular formula is C12H13BrF2N2O2. The van der Waals surface area contributed by atoms with Crippen LogP contribution in [0.5, 0.6) is 0 Å². The first-order valence-electron chi connectivity index (χ1n) is 5.78. The van der Waals surface area contributed by atoms with Crippen molar-refractivity contribution in [1.29, 1.82) is 0 Å². The van der Waals surface area contributed by atoms with Crippen molar-refractivity contribution >= 4 is 27.0 Å². The van der Waals surface area contributed by atoms with E-state index in [0.717, 1.165) is 16.6 Å². The number of halogens is 3. The first kappa shape index (κ1) is 14.2. The highest BCUT2D eigenvalue weighted by Gasteiger charge is 2.10. The van der Waals surface area contributed by atoms with Crippen molar-refractivity contribution in [3.63, 3.8) is 0 Å². The maximum absolute atomic E-state index is 11.9. The smallest absolute Gasteiger partial charge is 0.323 e. The molecular weight excluding hydrogens is 322 g/mol. The second kappa shape index (κ2) is 6.29. The van der Waals surface area contributed by atoms with Crippen LogP contribution in [0.3, 0.4) is 0 Å². The van der Waals surface area contributed by atoms with Crippen molar-refractivity contribution in [2.75, 3.05) is 13.2 Å². The van der Waals surface area contributed by atoms with Crippen LogP contribution >= 0.6 is 15.9 Å². The van der Waals surface area contributed by atoms with Gasteiger partial charge >= 0.3 is 5.69 Å². The summed E-state index contributed by atoms with van der Waals surface area (Å²) in [5, 5.41) is 0. The standard InChI is InChI=1S/C12H13BrF2N2O2/c13-8(3-4-19-6-11(14)15)7-1-2-9-10(5-7)17-12(18)16-9/h1-2,5,8,11H,3-4,6H2,(H2,16,17,18). The van der Waals surface area contributed by atoms with E-state index in [1.54, 1.807) is 6.07 Å². The van der Waals surface area contributed by atoms with Gasteiger partial charge in [0.25, 0.3) is 6.43 Å². The van der Waals surface area contributed by atoms with Crippen LogP contribution in [0, 0.1) is 0 Å². The largest absolute Gasteiger partial charge is 0.375 e. The molecule has 0 saturated heterocycles. The van der Waals surface area contributed by atoms with Crippen LogP contribution in [0.25, 0.3) is 11.0 Å². The van der Waals surface area contributed by atoms with Crippen molar-refractivity contribution in [3.8, 4) is 0 Å². The van der Waals surface area contributed by atoms with E-state index < -0.39 is 13.0 Å². The highest BCUT2D eigenvalue weighted by molar-refractivity contribution is 9.09. The number of H-pyrrole nitrogens is 2. The predicted octanol–water partition coefficient (Wildman–Crippen LogP) is 2.96. The minimum absolute atomic E-state index is 0.00651. The Bertz CT molecular complexity index is 597. The zero-order chi connectivity index (χ0) is 13.8. The van der Waals surface area contributed by atoms with Gasteiger partial charge < -0.3 is 14.7 Å². The Hall–Kier alpha value is -1.21. The molecule has 0 amide bonds. The fourth-order valence-electron chi connectivity index (χ4n) is 1.77. The van der Waals surface area contributed by atoms with Crippen molar-refractivity contribution in [1.82, 2.24) is 9.97 Å². The first-order chi connectivity index (χ1) is 9.06. The molecule has 7 heteroatoms. The molecule has 0 fully saturated rings. The van der Waals surface area contributed by atoms with Crippen LogP contribution in [0.4, 0.5) is 8.78 Å². The maximum atomic E-state index is 11.9. The van der Waals surface area contributed by atoms with E-state index in [4.69, 9.17) is 4.74 Å². The summed E-state index contributed by atoms with van der Waals surface area (Å²) >= 11 is 3.48. The molecule has 1 unspecified atom stereocenters. The van der Waals surface area contributed by atoms with Gasteiger partial charge in [0, 0.05) is 11.4 Å². The summed E-state index contributed by atoms with van der Waals surface area (Å²) in [6.07, 6.45) is -1.86. The van der Waals surface area contributed by atoms with Crippen molar-refractivity contribution in [3.05, 3.63) is 34.2 Å². The Morgan fingerprint density at radius 3 is 2.74 bits per heavy atom. The Morgan fingerprint density at radius 1 is 1.26 bits per heavy atom. The number of benzene rings is 1. The monoisotopic (exact) mass is 334 g/mol. The Morgan fingerprint density at radius 2 is 2.00 bits per heavy atom. The third kappa shape index (κ3) is 3.87. The average Bonchev–Trinajstić information content (AvgIpc) is 2.73. The number of fused-ring (bicyclic) bond motifs is 1. The topological polar surface area (TPSA) is 57.9 Å². The van der Waals surface area contributed by atoms with E-state index in [9.17, 15) is 13.6 Å². The Balaban J connectivity index is 1.96. The minimum atomic E-state index is -2.44. The summed E-state index contributed by atoms with van der Waals surface area (Å²) in [5.74, 6) is 0. The van der Waals surface area contributed by atoms with Crippen molar-refractivity contribution < 1.29 is 13.5 Å². The summed E-state index contributed by atoms with van der Waals surface area (Å²) in [6.45, 7) is -0.286. The number of imidazole rings is 1. The average molecular weight is 335 g/mol. The number of aromatic amines is 2. The molecule has 0 spiro atoms. The minimum Gasteiger partial charge on any atom is -0.375 e. The maximum Gasteiger partial charge on any atom is 0.323 e. The summed E-state index contributed by atoms with van der Waals surface area (Å²) in [5.41, 5.74) is 2.17. The molecule has 4 nitrogen and oxygen atoms in total. The van der Waals surface area contributed by atoms with E-state index in [2.05, 4.69) is 25.9 Å². The van der Waals surface area contributed by atoms with Gasteiger partial charge in [-0.2, -0.15) is 0 Å². The van der Waals surface area contributed by atoms with Crippen LogP contribution < -0.4 is 5.69 Å². The third-order valence-electron chi connectivity index (χ3n) is 2.66. The van der Waals surface area contributed by atoms with Crippen LogP contribution in [0.1, 0.15) is 16.8 Å². The van der Waals surface area contributed by atoms with E-state index in [1.807, 2.05) is 12.1 Å². The van der Waals surface area contributed by atoms with Gasteiger partial charge in [-0.3, -0.25) is 0 Å². The van der Waals surface area contributed by atoms with Gasteiger partial charge in [-0.1, -0.05) is 22.0 Å². The lowest BCUT2D eigenvalue weighted by Gasteiger charge is -2.10. The summed E-state index contributed by atoms with van der Waals surface area (Å²) in [6, 6.07) is 5.52. The molecule has 1 aromatic heterocycles. The number of ether oxygens (including phenoxy) is 1. The van der Waals surface area contributed by atoms with Crippen LogP contribution in [-0.2, 0) is 4.74 Å². The molecule has 0 aliphatic rings. The quantitative estimate of drug-likeness (QED) is 0.630. The lowest BCUT2D eigenvalue weighted by Crippen LogP contribution is -2.06. The van der Waals surface area contributed by atoms with Crippen LogP contribution in [0.15, 0.2) is 23.0 Å². The number of hydrogen-bond acceptors (Lipinski definition) is 2. The summed E-state index contributed by atoms with van der Waals surface area (Å²) in [7, 11) is 0. The van der Waals surface area contributed by atoms with Gasteiger partial charge in [-0.05, 0) is 24.1 Å². The van der Waals surface area contributed by atoms with Gasteiger partial charge in [0.15, 0.2) is 0 Å². The number of nitrogens with one attached hydrogen (secondary N) is 2. The van der Waals surface area contributed by atoms with Crippen molar-refractivity contribution in [2.45, 2.75) is 17.7 Å². The number of hydrogen-bond donors (Lipinski definition) is 2. The van der Waals surface area contributed by atoms with E-state index in [0.29, 0.717) is 6.42 Å².